The Hall–Kier alpha value is -1.46. The summed E-state index contributed by atoms with van der Waals surface area (Å²) in [6.07, 6.45) is 7.97. The fourth-order valence-electron chi connectivity index (χ4n) is 3.70. The molecule has 23 heavy (non-hydrogen) atoms. The molecule has 3 aliphatic rings. The molecular formula is C18H24N2O3. The van der Waals surface area contributed by atoms with Crippen molar-refractivity contribution in [2.24, 2.45) is 5.92 Å². The number of fused-ring (bicyclic) bond motifs is 1. The van der Waals surface area contributed by atoms with E-state index in [0.717, 1.165) is 37.5 Å². The molecule has 2 saturated heterocycles. The fourth-order valence-corrected chi connectivity index (χ4v) is 3.70. The molecule has 0 N–H and O–H groups in total. The normalized spacial score (nSPS) is 30.3. The summed E-state index contributed by atoms with van der Waals surface area (Å²) in [4.78, 5) is 19.0. The number of aromatic nitrogens is 1. The summed E-state index contributed by atoms with van der Waals surface area (Å²) in [6, 6.07) is 2.05. The van der Waals surface area contributed by atoms with Crippen LogP contribution in [0.1, 0.15) is 41.6 Å². The highest BCUT2D eigenvalue weighted by molar-refractivity contribution is 5.94. The highest BCUT2D eigenvalue weighted by Gasteiger charge is 2.45. The van der Waals surface area contributed by atoms with Gasteiger partial charge in [-0.15, -0.1) is 0 Å². The lowest BCUT2D eigenvalue weighted by atomic mass is 9.94. The number of hydrogen-bond donors (Lipinski definition) is 0. The summed E-state index contributed by atoms with van der Waals surface area (Å²) >= 11 is 0. The summed E-state index contributed by atoms with van der Waals surface area (Å²) in [6.45, 7) is 4.28. The molecule has 4 rings (SSSR count). The first-order chi connectivity index (χ1) is 11.2. The number of ether oxygens (including phenoxy) is 2. The molecule has 0 radical (unpaired) electrons. The zero-order valence-corrected chi connectivity index (χ0v) is 13.6. The maximum absolute atomic E-state index is 12.9. The number of hydrogen-bond acceptors (Lipinski definition) is 4. The van der Waals surface area contributed by atoms with Gasteiger partial charge in [0.2, 0.25) is 0 Å². The zero-order valence-electron chi connectivity index (χ0n) is 13.6. The molecular weight excluding hydrogens is 292 g/mol. The third-order valence-corrected chi connectivity index (χ3v) is 5.15. The predicted octanol–water partition coefficient (Wildman–Crippen LogP) is 2.19. The van der Waals surface area contributed by atoms with Crippen LogP contribution in [0.5, 0.6) is 0 Å². The smallest absolute Gasteiger partial charge is 0.255 e. The maximum Gasteiger partial charge on any atom is 0.255 e. The molecule has 1 aromatic rings. The second-order valence-corrected chi connectivity index (χ2v) is 7.04. The Morgan fingerprint density at radius 2 is 2.22 bits per heavy atom. The van der Waals surface area contributed by atoms with Gasteiger partial charge in [-0.3, -0.25) is 9.78 Å². The molecule has 0 unspecified atom stereocenters. The second kappa shape index (κ2) is 6.21. The molecule has 124 valence electrons. The lowest BCUT2D eigenvalue weighted by molar-refractivity contribution is -0.0936. The minimum Gasteiger partial charge on any atom is -0.375 e. The molecule has 0 spiro atoms. The van der Waals surface area contributed by atoms with Crippen molar-refractivity contribution in [2.45, 2.75) is 50.9 Å². The SMILES string of the molecule is Cc1cncc(C(=O)N2CC[C@@H](OCC3CC3)[C@H]3OCC[C@@H]32)c1. The van der Waals surface area contributed by atoms with Gasteiger partial charge in [0.15, 0.2) is 0 Å². The van der Waals surface area contributed by atoms with Gasteiger partial charge in [0, 0.05) is 32.2 Å². The molecule has 1 aliphatic carbocycles. The second-order valence-electron chi connectivity index (χ2n) is 7.04. The molecule has 3 atom stereocenters. The van der Waals surface area contributed by atoms with E-state index in [2.05, 4.69) is 4.98 Å². The lowest BCUT2D eigenvalue weighted by Crippen LogP contribution is -2.55. The van der Waals surface area contributed by atoms with Gasteiger partial charge in [-0.05, 0) is 50.2 Å². The molecule has 3 fully saturated rings. The van der Waals surface area contributed by atoms with Crippen molar-refractivity contribution in [3.05, 3.63) is 29.6 Å². The van der Waals surface area contributed by atoms with Crippen molar-refractivity contribution in [3.8, 4) is 0 Å². The summed E-state index contributed by atoms with van der Waals surface area (Å²) in [7, 11) is 0. The van der Waals surface area contributed by atoms with Crippen molar-refractivity contribution >= 4 is 5.91 Å². The monoisotopic (exact) mass is 316 g/mol. The van der Waals surface area contributed by atoms with E-state index >= 15 is 0 Å². The molecule has 1 amide bonds. The van der Waals surface area contributed by atoms with Crippen LogP contribution < -0.4 is 0 Å². The van der Waals surface area contributed by atoms with Crippen LogP contribution in [-0.2, 0) is 9.47 Å². The number of carbonyl (C=O) groups excluding carboxylic acids is 1. The molecule has 0 aromatic carbocycles. The minimum atomic E-state index is 0.0317. The van der Waals surface area contributed by atoms with E-state index in [1.807, 2.05) is 17.9 Å². The Labute approximate surface area is 137 Å². The first-order valence-corrected chi connectivity index (χ1v) is 8.68. The largest absolute Gasteiger partial charge is 0.375 e. The van der Waals surface area contributed by atoms with Crippen molar-refractivity contribution in [1.82, 2.24) is 9.88 Å². The van der Waals surface area contributed by atoms with Gasteiger partial charge < -0.3 is 14.4 Å². The topological polar surface area (TPSA) is 51.7 Å². The Balaban J connectivity index is 1.46. The van der Waals surface area contributed by atoms with Crippen LogP contribution in [0.4, 0.5) is 0 Å². The number of aryl methyl sites for hydroxylation is 1. The van der Waals surface area contributed by atoms with Crippen LogP contribution in [-0.4, -0.2) is 53.8 Å². The Kier molecular flexibility index (Phi) is 4.07. The van der Waals surface area contributed by atoms with Crippen LogP contribution in [0, 0.1) is 12.8 Å². The third kappa shape index (κ3) is 3.12. The molecule has 3 heterocycles. The van der Waals surface area contributed by atoms with Crippen LogP contribution >= 0.6 is 0 Å². The van der Waals surface area contributed by atoms with Crippen LogP contribution in [0.15, 0.2) is 18.5 Å². The quantitative estimate of drug-likeness (QED) is 0.854. The maximum atomic E-state index is 12.9. The lowest BCUT2D eigenvalue weighted by Gasteiger charge is -2.41. The minimum absolute atomic E-state index is 0.0317. The molecule has 5 nitrogen and oxygen atoms in total. The Morgan fingerprint density at radius 3 is 3.00 bits per heavy atom. The summed E-state index contributed by atoms with van der Waals surface area (Å²) in [5.74, 6) is 0.829. The molecule has 0 bridgehead atoms. The van der Waals surface area contributed by atoms with Crippen LogP contribution in [0.3, 0.4) is 0 Å². The Bertz CT molecular complexity index is 587. The van der Waals surface area contributed by atoms with Crippen LogP contribution in [0.25, 0.3) is 0 Å². The van der Waals surface area contributed by atoms with Gasteiger partial charge in [0.25, 0.3) is 5.91 Å². The number of rotatable bonds is 4. The first kappa shape index (κ1) is 15.1. The van der Waals surface area contributed by atoms with Gasteiger partial charge in [0.05, 0.1) is 17.7 Å². The van der Waals surface area contributed by atoms with E-state index in [9.17, 15) is 4.79 Å². The van der Waals surface area contributed by atoms with Gasteiger partial charge in [-0.25, -0.2) is 0 Å². The summed E-state index contributed by atoms with van der Waals surface area (Å²) in [5.41, 5.74) is 1.69. The van der Waals surface area contributed by atoms with Crippen molar-refractivity contribution in [2.75, 3.05) is 19.8 Å². The molecule has 5 heteroatoms. The average molecular weight is 316 g/mol. The number of pyridine rings is 1. The van der Waals surface area contributed by atoms with Crippen LogP contribution in [0.2, 0.25) is 0 Å². The summed E-state index contributed by atoms with van der Waals surface area (Å²) in [5, 5.41) is 0. The Morgan fingerprint density at radius 1 is 1.35 bits per heavy atom. The van der Waals surface area contributed by atoms with E-state index in [-0.39, 0.29) is 24.2 Å². The number of piperidine rings is 1. The molecule has 1 aromatic heterocycles. The highest BCUT2D eigenvalue weighted by Crippen LogP contribution is 2.34. The number of nitrogens with zero attached hydrogens (tertiary/aromatic N) is 2. The van der Waals surface area contributed by atoms with E-state index < -0.39 is 0 Å². The van der Waals surface area contributed by atoms with Gasteiger partial charge in [0.1, 0.15) is 6.10 Å². The van der Waals surface area contributed by atoms with Crippen molar-refractivity contribution < 1.29 is 14.3 Å². The summed E-state index contributed by atoms with van der Waals surface area (Å²) < 4.78 is 12.0. The zero-order chi connectivity index (χ0) is 15.8. The molecule has 2 aliphatic heterocycles. The fraction of sp³-hybridized carbons (Fsp3) is 0.667. The average Bonchev–Trinajstić information content (AvgIpc) is 3.26. The standard InChI is InChI=1S/C18H24N2O3/c1-12-8-14(10-19-9-12)18(21)20-6-4-16(23-11-13-2-3-13)17-15(20)5-7-22-17/h8-10,13,15-17H,2-7,11H2,1H3/t15-,16+,17-/m0/s1. The third-order valence-electron chi connectivity index (χ3n) is 5.15. The predicted molar refractivity (Wildman–Crippen MR) is 85.2 cm³/mol. The van der Waals surface area contributed by atoms with E-state index in [1.165, 1.54) is 12.8 Å². The van der Waals surface area contributed by atoms with Gasteiger partial charge in [-0.1, -0.05) is 0 Å². The van der Waals surface area contributed by atoms with Gasteiger partial charge >= 0.3 is 0 Å². The van der Waals surface area contributed by atoms with E-state index in [1.54, 1.807) is 12.4 Å². The molecule has 1 saturated carbocycles. The number of amides is 1. The van der Waals surface area contributed by atoms with Gasteiger partial charge in [-0.2, -0.15) is 0 Å². The van der Waals surface area contributed by atoms with Crippen molar-refractivity contribution in [3.63, 3.8) is 0 Å². The number of carbonyl (C=O) groups is 1. The number of likely N-dealkylation sites (tertiary alicyclic amines) is 1. The van der Waals surface area contributed by atoms with E-state index in [4.69, 9.17) is 9.47 Å². The first-order valence-electron chi connectivity index (χ1n) is 8.68. The highest BCUT2D eigenvalue weighted by atomic mass is 16.5. The van der Waals surface area contributed by atoms with E-state index in [0.29, 0.717) is 12.2 Å². The van der Waals surface area contributed by atoms with Crippen molar-refractivity contribution in [1.29, 1.82) is 0 Å².